The number of phosphoric ester groups is 4. The number of phosphoric acid groups is 4. The van der Waals surface area contributed by atoms with Crippen LogP contribution in [0.5, 0.6) is 0 Å². The maximum atomic E-state index is 13.3. The monoisotopic (exact) mass is 1080 g/mol. The average molecular weight is 1080 g/mol. The summed E-state index contributed by atoms with van der Waals surface area (Å²) in [5, 5.41) is 21.8. The maximum absolute atomic E-state index is 13.3. The molecular weight excluding hydrogens is 992 g/mol. The van der Waals surface area contributed by atoms with Crippen molar-refractivity contribution in [1.82, 2.24) is 0 Å². The number of aliphatic hydroxyl groups excluding tert-OH is 2. The van der Waals surface area contributed by atoms with Gasteiger partial charge in [0.2, 0.25) is 0 Å². The number of rotatable bonds is 43. The van der Waals surface area contributed by atoms with Gasteiger partial charge in [-0.1, -0.05) is 154 Å². The summed E-state index contributed by atoms with van der Waals surface area (Å²) >= 11 is 0. The number of carbonyl (C=O) groups excluding carboxylic acids is 2. The van der Waals surface area contributed by atoms with Crippen LogP contribution in [0.4, 0.5) is 0 Å². The second kappa shape index (κ2) is 36.9. The Labute approximate surface area is 408 Å². The normalized spacial score (nSPS) is 21.6. The van der Waals surface area contributed by atoms with Gasteiger partial charge in [-0.15, -0.1) is 0 Å². The Morgan fingerprint density at radius 2 is 0.797 bits per heavy atom. The van der Waals surface area contributed by atoms with E-state index in [1.807, 2.05) is 0 Å². The average Bonchev–Trinajstić information content (AvgIpc) is 3.25. The Morgan fingerprint density at radius 1 is 0.449 bits per heavy atom. The molecule has 0 aliphatic heterocycles. The Kier molecular flexibility index (Phi) is 35.3. The molecule has 0 aromatic rings. The number of allylic oxidation sites excluding steroid dienone is 2. The van der Waals surface area contributed by atoms with E-state index in [0.29, 0.717) is 19.3 Å². The van der Waals surface area contributed by atoms with Gasteiger partial charge >= 0.3 is 43.2 Å². The standard InChI is InChI=1S/C43H84O22P4/c1-3-5-7-9-11-13-15-17-18-20-22-24-26-28-30-32-37(45)61-35(33-59-36(44)31-29-27-25-23-21-19-16-14-12-10-8-6-4-2)34-60-69(57,58)65-40-38(46)41(62-66(48,49)50)43(64-68(54,55)56)42(39(40)47)63-67(51,52)53/h13,15,35,38-43,46-47H,3-12,14,16-34H2,1-2H3,(H,57,58)(H2,48,49,50)(H2,51,52,53)(H2,54,55,56)/t35-,38?,39?,40?,41+,42?,43?/m1/s1. The molecule has 0 spiro atoms. The van der Waals surface area contributed by atoms with Crippen LogP contribution in [0.3, 0.4) is 0 Å². The first-order chi connectivity index (χ1) is 32.5. The van der Waals surface area contributed by atoms with Crippen molar-refractivity contribution in [3.63, 3.8) is 0 Å². The van der Waals surface area contributed by atoms with Crippen molar-refractivity contribution in [1.29, 1.82) is 0 Å². The first-order valence-corrected chi connectivity index (χ1v) is 30.8. The van der Waals surface area contributed by atoms with Crippen molar-refractivity contribution < 1.29 is 104 Å². The molecule has 9 N–H and O–H groups in total. The van der Waals surface area contributed by atoms with E-state index in [4.69, 9.17) is 18.5 Å². The SMILES string of the molecule is CCCCCCC=CCCCCCCCCCC(=O)O[C@H](COC(=O)CCCCCCCCCCCCCCC)COP(=O)(O)OC1C(O)C(OP(=O)(O)O)C(OP(=O)(O)O)[C@@H](OP(=O)(O)O)C1O. The fraction of sp³-hybridized carbons (Fsp3) is 0.907. The first-order valence-electron chi connectivity index (χ1n) is 24.7. The van der Waals surface area contributed by atoms with E-state index < -0.39 is 99.2 Å². The zero-order valence-corrected chi connectivity index (χ0v) is 44.1. The quantitative estimate of drug-likeness (QED) is 0.0119. The summed E-state index contributed by atoms with van der Waals surface area (Å²) in [6.45, 7) is 2.75. The maximum Gasteiger partial charge on any atom is 0.472 e. The topological polar surface area (TPSA) is 349 Å². The molecule has 1 aliphatic rings. The molecule has 26 heteroatoms. The minimum atomic E-state index is -5.79. The largest absolute Gasteiger partial charge is 0.472 e. The van der Waals surface area contributed by atoms with Gasteiger partial charge < -0.3 is 53.9 Å². The molecule has 1 rings (SSSR count). The van der Waals surface area contributed by atoms with Gasteiger partial charge in [0, 0.05) is 12.8 Å². The van der Waals surface area contributed by atoms with E-state index in [0.717, 1.165) is 77.0 Å². The van der Waals surface area contributed by atoms with E-state index in [-0.39, 0.29) is 12.8 Å². The minimum absolute atomic E-state index is 0.0383. The van der Waals surface area contributed by atoms with Crippen LogP contribution in [0.15, 0.2) is 12.2 Å². The van der Waals surface area contributed by atoms with Gasteiger partial charge in [-0.25, -0.2) is 18.3 Å². The van der Waals surface area contributed by atoms with Gasteiger partial charge in [-0.05, 0) is 38.5 Å². The molecule has 22 nitrogen and oxygen atoms in total. The van der Waals surface area contributed by atoms with Crippen molar-refractivity contribution in [2.75, 3.05) is 13.2 Å². The molecule has 69 heavy (non-hydrogen) atoms. The molecule has 0 aromatic heterocycles. The molecule has 0 saturated heterocycles. The molecular formula is C43H84O22P4. The van der Waals surface area contributed by atoms with Gasteiger partial charge in [-0.2, -0.15) is 0 Å². The highest BCUT2D eigenvalue weighted by molar-refractivity contribution is 7.47. The Bertz CT molecular complexity index is 1560. The molecule has 1 fully saturated rings. The van der Waals surface area contributed by atoms with Crippen LogP contribution in [-0.2, 0) is 59.9 Å². The highest BCUT2D eigenvalue weighted by Gasteiger charge is 2.59. The van der Waals surface area contributed by atoms with Crippen molar-refractivity contribution in [2.45, 2.75) is 236 Å². The second-order valence-corrected chi connectivity index (χ2v) is 22.6. The zero-order chi connectivity index (χ0) is 51.8. The predicted molar refractivity (Wildman–Crippen MR) is 254 cm³/mol. The lowest BCUT2D eigenvalue weighted by Gasteiger charge is -2.45. The Balaban J connectivity index is 2.89. The summed E-state index contributed by atoms with van der Waals surface area (Å²) in [6.07, 6.45) is 14.2. The van der Waals surface area contributed by atoms with Gasteiger partial charge in [0.25, 0.3) is 0 Å². The molecule has 0 heterocycles. The summed E-state index contributed by atoms with van der Waals surface area (Å²) in [5.74, 6) is -1.40. The van der Waals surface area contributed by atoms with Crippen molar-refractivity contribution in [2.24, 2.45) is 0 Å². The van der Waals surface area contributed by atoms with Gasteiger partial charge in [-0.3, -0.25) is 32.2 Å². The molecule has 0 bridgehead atoms. The molecule has 0 amide bonds. The van der Waals surface area contributed by atoms with Crippen LogP contribution in [0.25, 0.3) is 0 Å². The molecule has 0 aromatic carbocycles. The number of esters is 2. The first kappa shape index (κ1) is 66.1. The smallest absolute Gasteiger partial charge is 0.462 e. The molecule has 1 saturated carbocycles. The van der Waals surface area contributed by atoms with Gasteiger partial charge in [0.1, 0.15) is 43.2 Å². The van der Waals surface area contributed by atoms with E-state index in [2.05, 4.69) is 39.6 Å². The van der Waals surface area contributed by atoms with Crippen LogP contribution in [0.2, 0.25) is 0 Å². The predicted octanol–water partition coefficient (Wildman–Crippen LogP) is 8.63. The van der Waals surface area contributed by atoms with Crippen LogP contribution < -0.4 is 0 Å². The summed E-state index contributed by atoms with van der Waals surface area (Å²) in [4.78, 5) is 92.8. The summed E-state index contributed by atoms with van der Waals surface area (Å²) in [7, 11) is -23.0. The number of unbranched alkanes of at least 4 members (excludes halogenated alkanes) is 23. The van der Waals surface area contributed by atoms with Crippen molar-refractivity contribution in [3.05, 3.63) is 12.2 Å². The van der Waals surface area contributed by atoms with Gasteiger partial charge in [0.05, 0.1) is 6.61 Å². The number of hydrogen-bond acceptors (Lipinski definition) is 15. The van der Waals surface area contributed by atoms with E-state index in [1.165, 1.54) is 70.6 Å². The lowest BCUT2D eigenvalue weighted by atomic mass is 9.85. The number of ether oxygens (including phenoxy) is 2. The van der Waals surface area contributed by atoms with E-state index in [1.54, 1.807) is 0 Å². The molecule has 408 valence electrons. The third-order valence-electron chi connectivity index (χ3n) is 11.3. The highest BCUT2D eigenvalue weighted by Crippen LogP contribution is 2.53. The summed E-state index contributed by atoms with van der Waals surface area (Å²) < 4.78 is 82.1. The Hall–Kier alpha value is -0.960. The lowest BCUT2D eigenvalue weighted by Crippen LogP contribution is -2.65. The van der Waals surface area contributed by atoms with Crippen LogP contribution in [0.1, 0.15) is 194 Å². The molecule has 0 radical (unpaired) electrons. The molecule has 8 atom stereocenters. The fourth-order valence-corrected chi connectivity index (χ4v) is 10.4. The second-order valence-electron chi connectivity index (χ2n) is 17.6. The summed E-state index contributed by atoms with van der Waals surface area (Å²) in [6, 6.07) is 0. The number of carbonyl (C=O) groups is 2. The number of hydrogen-bond donors (Lipinski definition) is 9. The molecule has 6 unspecified atom stereocenters. The van der Waals surface area contributed by atoms with Gasteiger partial charge in [0.15, 0.2) is 6.10 Å². The van der Waals surface area contributed by atoms with Crippen molar-refractivity contribution in [3.8, 4) is 0 Å². The summed E-state index contributed by atoms with van der Waals surface area (Å²) in [5.41, 5.74) is 0. The van der Waals surface area contributed by atoms with E-state index >= 15 is 0 Å². The molecule has 1 aliphatic carbocycles. The van der Waals surface area contributed by atoms with Crippen LogP contribution >= 0.6 is 31.3 Å². The minimum Gasteiger partial charge on any atom is -0.462 e. The van der Waals surface area contributed by atoms with E-state index in [9.17, 15) is 72.3 Å². The van der Waals surface area contributed by atoms with Crippen LogP contribution in [-0.4, -0.2) is 112 Å². The zero-order valence-electron chi connectivity index (χ0n) is 40.5. The highest BCUT2D eigenvalue weighted by atomic mass is 31.2. The van der Waals surface area contributed by atoms with Crippen LogP contribution in [0, 0.1) is 0 Å². The number of aliphatic hydroxyl groups is 2. The third kappa shape index (κ3) is 35.0. The third-order valence-corrected chi connectivity index (χ3v) is 13.8. The lowest BCUT2D eigenvalue weighted by molar-refractivity contribution is -0.209. The Morgan fingerprint density at radius 3 is 1.20 bits per heavy atom. The fourth-order valence-electron chi connectivity index (χ4n) is 7.72. The van der Waals surface area contributed by atoms with Crippen molar-refractivity contribution >= 4 is 43.2 Å².